The highest BCUT2D eigenvalue weighted by Gasteiger charge is 2.29. The molecule has 0 aliphatic carbocycles. The largest absolute Gasteiger partial charge is 0.446 e. The first kappa shape index (κ1) is 23.2. The van der Waals surface area contributed by atoms with Crippen LogP contribution in [0, 0.1) is 0 Å². The van der Waals surface area contributed by atoms with Crippen LogP contribution in [0.15, 0.2) is 56.4 Å². The molecule has 158 valence electrons. The maximum absolute atomic E-state index is 12.7. The van der Waals surface area contributed by atoms with Gasteiger partial charge in [0, 0.05) is 27.1 Å². The first-order valence-electron chi connectivity index (χ1n) is 8.55. The van der Waals surface area contributed by atoms with Gasteiger partial charge in [0.05, 0.1) is 21.3 Å². The first-order chi connectivity index (χ1) is 14.0. The second-order valence-corrected chi connectivity index (χ2v) is 9.73. The number of ketones is 2. The van der Waals surface area contributed by atoms with E-state index in [9.17, 15) is 22.8 Å². The third-order valence-electron chi connectivity index (χ3n) is 4.20. The molecule has 1 aliphatic heterocycles. The molecule has 1 N–H and O–H groups in total. The molecule has 0 saturated heterocycles. The maximum Gasteiger partial charge on any atom is 0.446 e. The fourth-order valence-corrected chi connectivity index (χ4v) is 5.11. The first-order valence-corrected chi connectivity index (χ1v) is 11.5. The fraction of sp³-hybridized carbons (Fsp3) is 0.200. The van der Waals surface area contributed by atoms with Gasteiger partial charge in [-0.2, -0.15) is 13.2 Å². The average Bonchev–Trinajstić information content (AvgIpc) is 2.80. The number of anilines is 1. The van der Waals surface area contributed by atoms with Crippen molar-refractivity contribution in [2.24, 2.45) is 0 Å². The molecular weight excluding hydrogens is 523 g/mol. The van der Waals surface area contributed by atoms with Crippen LogP contribution in [0.1, 0.15) is 29.3 Å². The third kappa shape index (κ3) is 5.63. The Kier molecular flexibility index (Phi) is 7.27. The van der Waals surface area contributed by atoms with E-state index in [4.69, 9.17) is 11.6 Å². The van der Waals surface area contributed by atoms with Crippen LogP contribution in [0.25, 0.3) is 0 Å². The minimum absolute atomic E-state index is 0.0883. The lowest BCUT2D eigenvalue weighted by atomic mass is 10.0. The minimum atomic E-state index is -4.34. The van der Waals surface area contributed by atoms with E-state index in [1.165, 1.54) is 30.8 Å². The Morgan fingerprint density at radius 2 is 1.87 bits per heavy atom. The molecular formula is C20H14BrClF3NO2S2. The van der Waals surface area contributed by atoms with Crippen LogP contribution in [0.5, 0.6) is 0 Å². The van der Waals surface area contributed by atoms with E-state index >= 15 is 0 Å². The van der Waals surface area contributed by atoms with Crippen LogP contribution in [0.2, 0.25) is 5.02 Å². The van der Waals surface area contributed by atoms with Crippen LogP contribution in [-0.4, -0.2) is 17.1 Å². The van der Waals surface area contributed by atoms with E-state index < -0.39 is 5.51 Å². The number of hydrogen-bond acceptors (Lipinski definition) is 5. The lowest BCUT2D eigenvalue weighted by molar-refractivity contribution is -0.113. The van der Waals surface area contributed by atoms with Gasteiger partial charge in [0.25, 0.3) is 0 Å². The summed E-state index contributed by atoms with van der Waals surface area (Å²) in [6.45, 7) is 1.39. The number of carbonyl (C=O) groups excluding carboxylic acids is 2. The number of nitrogens with one attached hydrogen (secondary N) is 1. The fourth-order valence-electron chi connectivity index (χ4n) is 2.82. The molecule has 3 rings (SSSR count). The summed E-state index contributed by atoms with van der Waals surface area (Å²) in [6, 6.07) is 9.35. The van der Waals surface area contributed by atoms with Crippen molar-refractivity contribution in [2.75, 3.05) is 5.32 Å². The Hall–Kier alpha value is -1.42. The van der Waals surface area contributed by atoms with Gasteiger partial charge in [-0.25, -0.2) is 0 Å². The summed E-state index contributed by atoms with van der Waals surface area (Å²) in [5.41, 5.74) is -2.41. The molecule has 0 aromatic heterocycles. The van der Waals surface area contributed by atoms with E-state index in [1.807, 2.05) is 0 Å². The monoisotopic (exact) mass is 535 g/mol. The van der Waals surface area contributed by atoms with Gasteiger partial charge in [-0.05, 0) is 64.4 Å². The second kappa shape index (κ2) is 9.38. The molecule has 0 radical (unpaired) electrons. The number of alkyl halides is 3. The molecule has 0 unspecified atom stereocenters. The van der Waals surface area contributed by atoms with Gasteiger partial charge in [-0.15, -0.1) is 11.8 Å². The van der Waals surface area contributed by atoms with Crippen molar-refractivity contribution in [2.45, 2.75) is 29.5 Å². The minimum Gasteiger partial charge on any atom is -0.348 e. The van der Waals surface area contributed by atoms with Crippen molar-refractivity contribution in [3.8, 4) is 0 Å². The summed E-state index contributed by atoms with van der Waals surface area (Å²) in [6.07, 6.45) is -0.0883. The Morgan fingerprint density at radius 1 is 1.20 bits per heavy atom. The molecule has 10 heteroatoms. The molecule has 3 nitrogen and oxygen atoms in total. The van der Waals surface area contributed by atoms with Crippen LogP contribution >= 0.6 is 51.1 Å². The highest BCUT2D eigenvalue weighted by atomic mass is 79.9. The number of hydrogen-bond donors (Lipinski definition) is 1. The Labute approximate surface area is 192 Å². The van der Waals surface area contributed by atoms with Crippen molar-refractivity contribution in [1.29, 1.82) is 0 Å². The van der Waals surface area contributed by atoms with Crippen molar-refractivity contribution in [3.05, 3.63) is 67.6 Å². The standard InChI is InChI=1S/C20H14BrClF3NO2S2/c1-10(27)13-8-16(28)17-15(22)7-6-14(21)18(17)26-19(13)29-9-11-2-4-12(5-3-11)30-20(23,24)25/h2-7,26H,8-9H2,1H3. The molecule has 0 bridgehead atoms. The van der Waals surface area contributed by atoms with E-state index in [-0.39, 0.29) is 39.7 Å². The van der Waals surface area contributed by atoms with E-state index in [2.05, 4.69) is 21.2 Å². The molecule has 0 saturated carbocycles. The molecule has 2 aromatic carbocycles. The number of thioether (sulfide) groups is 2. The Balaban J connectivity index is 1.85. The van der Waals surface area contributed by atoms with Crippen molar-refractivity contribution < 1.29 is 22.8 Å². The third-order valence-corrected chi connectivity index (χ3v) is 7.03. The SMILES string of the molecule is CC(=O)C1=C(SCc2ccc(SC(F)(F)F)cc2)Nc2c(Br)ccc(Cl)c2C(=O)C1. The van der Waals surface area contributed by atoms with Gasteiger partial charge in [0.15, 0.2) is 11.6 Å². The van der Waals surface area contributed by atoms with E-state index in [1.54, 1.807) is 24.3 Å². The number of carbonyl (C=O) groups is 2. The van der Waals surface area contributed by atoms with E-state index in [0.29, 0.717) is 32.1 Å². The van der Waals surface area contributed by atoms with Crippen LogP contribution < -0.4 is 5.32 Å². The van der Waals surface area contributed by atoms with Crippen molar-refractivity contribution in [3.63, 3.8) is 0 Å². The van der Waals surface area contributed by atoms with Gasteiger partial charge in [0.2, 0.25) is 0 Å². The highest BCUT2D eigenvalue weighted by molar-refractivity contribution is 9.10. The van der Waals surface area contributed by atoms with Gasteiger partial charge in [-0.3, -0.25) is 9.59 Å². The zero-order valence-corrected chi connectivity index (χ0v) is 19.4. The molecule has 30 heavy (non-hydrogen) atoms. The zero-order valence-electron chi connectivity index (χ0n) is 15.4. The predicted octanol–water partition coefficient (Wildman–Crippen LogP) is 7.45. The number of Topliss-reactive ketones (excluding diaryl/α,β-unsaturated/α-hetero) is 2. The second-order valence-electron chi connectivity index (χ2n) is 6.35. The van der Waals surface area contributed by atoms with Gasteiger partial charge in [-0.1, -0.05) is 23.7 Å². The number of allylic oxidation sites excluding steroid dienone is 1. The van der Waals surface area contributed by atoms with Crippen LogP contribution in [-0.2, 0) is 10.5 Å². The van der Waals surface area contributed by atoms with Gasteiger partial charge < -0.3 is 5.32 Å². The average molecular weight is 537 g/mol. The molecule has 0 fully saturated rings. The van der Waals surface area contributed by atoms with Crippen LogP contribution in [0.4, 0.5) is 18.9 Å². The normalized spacial score (nSPS) is 14.3. The summed E-state index contributed by atoms with van der Waals surface area (Å²) in [5, 5.41) is 3.97. The number of halogens is 5. The van der Waals surface area contributed by atoms with Crippen molar-refractivity contribution >= 4 is 68.3 Å². The molecule has 0 spiro atoms. The zero-order chi connectivity index (χ0) is 22.1. The predicted molar refractivity (Wildman–Crippen MR) is 119 cm³/mol. The number of fused-ring (bicyclic) bond motifs is 1. The Bertz CT molecular complexity index is 1040. The topological polar surface area (TPSA) is 46.2 Å². The lowest BCUT2D eigenvalue weighted by Crippen LogP contribution is -2.07. The Morgan fingerprint density at radius 3 is 2.47 bits per heavy atom. The summed E-state index contributed by atoms with van der Waals surface area (Å²) in [5.74, 6) is -0.105. The quantitative estimate of drug-likeness (QED) is 0.402. The number of benzene rings is 2. The molecule has 1 heterocycles. The van der Waals surface area contributed by atoms with Gasteiger partial charge >= 0.3 is 5.51 Å². The summed E-state index contributed by atoms with van der Waals surface area (Å²) in [4.78, 5) is 25.0. The summed E-state index contributed by atoms with van der Waals surface area (Å²) >= 11 is 10.8. The highest BCUT2D eigenvalue weighted by Crippen LogP contribution is 2.41. The lowest BCUT2D eigenvalue weighted by Gasteiger charge is -2.15. The summed E-state index contributed by atoms with van der Waals surface area (Å²) in [7, 11) is 0. The number of rotatable bonds is 5. The van der Waals surface area contributed by atoms with E-state index in [0.717, 1.165) is 5.56 Å². The van der Waals surface area contributed by atoms with Crippen molar-refractivity contribution in [1.82, 2.24) is 0 Å². The van der Waals surface area contributed by atoms with Crippen LogP contribution in [0.3, 0.4) is 0 Å². The molecule has 2 aromatic rings. The smallest absolute Gasteiger partial charge is 0.348 e. The molecule has 1 aliphatic rings. The molecule has 0 amide bonds. The van der Waals surface area contributed by atoms with Gasteiger partial charge in [0.1, 0.15) is 0 Å². The molecule has 0 atom stereocenters. The summed E-state index contributed by atoms with van der Waals surface area (Å²) < 4.78 is 38.1. The maximum atomic E-state index is 12.7.